The molecule has 3 nitrogen and oxygen atoms in total. The van der Waals surface area contributed by atoms with Gasteiger partial charge in [-0.15, -0.1) is 12.4 Å². The molecule has 1 amide bonds. The molecule has 0 fully saturated rings. The maximum absolute atomic E-state index is 11.8. The van der Waals surface area contributed by atoms with E-state index < -0.39 is 6.04 Å². The van der Waals surface area contributed by atoms with Crippen LogP contribution in [0.1, 0.15) is 62.3 Å². The van der Waals surface area contributed by atoms with Gasteiger partial charge in [-0.05, 0) is 48.8 Å². The molecule has 0 unspecified atom stereocenters. The van der Waals surface area contributed by atoms with Crippen LogP contribution in [0, 0.1) is 0 Å². The summed E-state index contributed by atoms with van der Waals surface area (Å²) in [6.07, 6.45) is 3.24. The number of benzene rings is 1. The Hall–Kier alpha value is -1.06. The largest absolute Gasteiger partial charge is 0.348 e. The normalized spacial score (nSPS) is 18.9. The minimum atomic E-state index is -0.446. The fourth-order valence-electron chi connectivity index (χ4n) is 2.63. The van der Waals surface area contributed by atoms with E-state index in [1.54, 1.807) is 6.92 Å². The molecule has 0 aromatic heterocycles. The molecule has 2 atom stereocenters. The van der Waals surface area contributed by atoms with Crippen molar-refractivity contribution in [1.29, 1.82) is 0 Å². The zero-order valence-electron chi connectivity index (χ0n) is 12.5. The van der Waals surface area contributed by atoms with Gasteiger partial charge in [0.25, 0.3) is 0 Å². The maximum Gasteiger partial charge on any atom is 0.237 e. The summed E-state index contributed by atoms with van der Waals surface area (Å²) in [5, 5.41) is 3.08. The summed E-state index contributed by atoms with van der Waals surface area (Å²) in [7, 11) is 0. The first-order chi connectivity index (χ1) is 8.99. The van der Waals surface area contributed by atoms with Gasteiger partial charge in [-0.3, -0.25) is 4.79 Å². The van der Waals surface area contributed by atoms with Crippen LogP contribution in [0.4, 0.5) is 0 Å². The first-order valence-electron chi connectivity index (χ1n) is 7.17. The van der Waals surface area contributed by atoms with Crippen molar-refractivity contribution in [3.05, 3.63) is 34.9 Å². The molecule has 1 aliphatic carbocycles. The van der Waals surface area contributed by atoms with Gasteiger partial charge in [0.1, 0.15) is 0 Å². The number of carbonyl (C=O) groups excluding carboxylic acids is 1. The van der Waals surface area contributed by atoms with Crippen LogP contribution in [-0.4, -0.2) is 11.9 Å². The molecule has 1 aromatic rings. The maximum atomic E-state index is 11.8. The lowest BCUT2D eigenvalue weighted by Crippen LogP contribution is -2.41. The van der Waals surface area contributed by atoms with Crippen molar-refractivity contribution in [3.8, 4) is 0 Å². The third-order valence-electron chi connectivity index (χ3n) is 3.88. The molecule has 0 aliphatic heterocycles. The first kappa shape index (κ1) is 17.0. The van der Waals surface area contributed by atoms with Crippen molar-refractivity contribution in [2.45, 2.75) is 58.0 Å². The molecule has 3 N–H and O–H groups in total. The monoisotopic (exact) mass is 296 g/mol. The number of nitrogens with one attached hydrogen (secondary N) is 1. The summed E-state index contributed by atoms with van der Waals surface area (Å²) in [5.74, 6) is 0.449. The molecule has 20 heavy (non-hydrogen) atoms. The molecule has 0 heterocycles. The van der Waals surface area contributed by atoms with Gasteiger partial charge < -0.3 is 11.1 Å². The summed E-state index contributed by atoms with van der Waals surface area (Å²) in [5.41, 5.74) is 9.62. The second kappa shape index (κ2) is 7.09. The van der Waals surface area contributed by atoms with Crippen LogP contribution in [0.25, 0.3) is 0 Å². The number of halogens is 1. The van der Waals surface area contributed by atoms with E-state index in [-0.39, 0.29) is 24.4 Å². The van der Waals surface area contributed by atoms with Gasteiger partial charge in [0.05, 0.1) is 12.1 Å². The highest BCUT2D eigenvalue weighted by Crippen LogP contribution is 2.32. The van der Waals surface area contributed by atoms with Gasteiger partial charge in [-0.1, -0.05) is 32.0 Å². The quantitative estimate of drug-likeness (QED) is 0.900. The van der Waals surface area contributed by atoms with Gasteiger partial charge in [0, 0.05) is 0 Å². The van der Waals surface area contributed by atoms with Crippen LogP contribution < -0.4 is 11.1 Å². The third kappa shape index (κ3) is 3.74. The summed E-state index contributed by atoms with van der Waals surface area (Å²) in [6.45, 7) is 6.11. The van der Waals surface area contributed by atoms with E-state index in [1.807, 2.05) is 0 Å². The number of hydrogen-bond donors (Lipinski definition) is 2. The fourth-order valence-corrected chi connectivity index (χ4v) is 2.63. The number of rotatable bonds is 3. The highest BCUT2D eigenvalue weighted by molar-refractivity contribution is 5.85. The van der Waals surface area contributed by atoms with E-state index in [4.69, 9.17) is 5.73 Å². The zero-order valence-corrected chi connectivity index (χ0v) is 13.3. The second-order valence-electron chi connectivity index (χ2n) is 5.86. The van der Waals surface area contributed by atoms with Gasteiger partial charge in [0.15, 0.2) is 0 Å². The molecular formula is C16H25ClN2O. The Balaban J connectivity index is 0.00000200. The molecule has 1 aromatic carbocycles. The molecule has 0 radical (unpaired) electrons. The highest BCUT2D eigenvalue weighted by Gasteiger charge is 2.23. The minimum absolute atomic E-state index is 0. The number of aryl methyl sites for hydroxylation is 1. The van der Waals surface area contributed by atoms with Crippen LogP contribution >= 0.6 is 12.4 Å². The molecule has 0 spiro atoms. The van der Waals surface area contributed by atoms with Gasteiger partial charge >= 0.3 is 0 Å². The van der Waals surface area contributed by atoms with Crippen LogP contribution in [-0.2, 0) is 11.2 Å². The first-order valence-corrected chi connectivity index (χ1v) is 7.17. The van der Waals surface area contributed by atoms with Crippen LogP contribution in [0.15, 0.2) is 18.2 Å². The van der Waals surface area contributed by atoms with Crippen molar-refractivity contribution in [3.63, 3.8) is 0 Å². The van der Waals surface area contributed by atoms with Crippen molar-refractivity contribution in [1.82, 2.24) is 5.32 Å². The standard InChI is InChI=1S/C16H24N2O.ClH/c1-10(2)13-8-7-12-5-4-6-15(14(12)9-13)18-16(19)11(3)17;/h7-11,15H,4-6,17H2,1-3H3,(H,18,19);1H/t11-,15-;/m1./s1. The SMILES string of the molecule is CC(C)c1ccc2c(c1)[C@H](NC(=O)[C@@H](C)N)CCC2.Cl. The number of amides is 1. The van der Waals surface area contributed by atoms with Crippen LogP contribution in [0.5, 0.6) is 0 Å². The number of hydrogen-bond acceptors (Lipinski definition) is 2. The summed E-state index contributed by atoms with van der Waals surface area (Å²) in [6, 6.07) is 6.36. The Labute approximate surface area is 127 Å². The van der Waals surface area contributed by atoms with E-state index in [9.17, 15) is 4.79 Å². The zero-order chi connectivity index (χ0) is 14.0. The van der Waals surface area contributed by atoms with Gasteiger partial charge in [-0.25, -0.2) is 0 Å². The molecule has 1 aliphatic rings. The number of nitrogens with two attached hydrogens (primary N) is 1. The van der Waals surface area contributed by atoms with Crippen LogP contribution in [0.3, 0.4) is 0 Å². The van der Waals surface area contributed by atoms with E-state index >= 15 is 0 Å². The Morgan fingerprint density at radius 3 is 2.65 bits per heavy atom. The van der Waals surface area contributed by atoms with E-state index in [0.717, 1.165) is 19.3 Å². The van der Waals surface area contributed by atoms with Crippen molar-refractivity contribution < 1.29 is 4.79 Å². The Kier molecular flexibility index (Phi) is 6.03. The molecular weight excluding hydrogens is 272 g/mol. The summed E-state index contributed by atoms with van der Waals surface area (Å²) >= 11 is 0. The molecule has 0 bridgehead atoms. The second-order valence-corrected chi connectivity index (χ2v) is 5.86. The molecule has 2 rings (SSSR count). The van der Waals surface area contributed by atoms with Crippen molar-refractivity contribution >= 4 is 18.3 Å². The van der Waals surface area contributed by atoms with E-state index in [1.165, 1.54) is 16.7 Å². The average molecular weight is 297 g/mol. The predicted octanol–water partition coefficient (Wildman–Crippen LogP) is 3.07. The summed E-state index contributed by atoms with van der Waals surface area (Å²) in [4.78, 5) is 11.8. The summed E-state index contributed by atoms with van der Waals surface area (Å²) < 4.78 is 0. The van der Waals surface area contributed by atoms with E-state index in [2.05, 4.69) is 37.4 Å². The molecule has 112 valence electrons. The Morgan fingerprint density at radius 2 is 2.05 bits per heavy atom. The number of fused-ring (bicyclic) bond motifs is 1. The lowest BCUT2D eigenvalue weighted by atomic mass is 9.85. The third-order valence-corrected chi connectivity index (χ3v) is 3.88. The smallest absolute Gasteiger partial charge is 0.237 e. The topological polar surface area (TPSA) is 55.1 Å². The lowest BCUT2D eigenvalue weighted by Gasteiger charge is -2.28. The fraction of sp³-hybridized carbons (Fsp3) is 0.562. The Bertz CT molecular complexity index is 472. The van der Waals surface area contributed by atoms with E-state index in [0.29, 0.717) is 5.92 Å². The van der Waals surface area contributed by atoms with Gasteiger partial charge in [0.2, 0.25) is 5.91 Å². The van der Waals surface area contributed by atoms with Gasteiger partial charge in [-0.2, -0.15) is 0 Å². The average Bonchev–Trinajstić information content (AvgIpc) is 2.38. The number of carbonyl (C=O) groups is 1. The molecule has 4 heteroatoms. The van der Waals surface area contributed by atoms with Crippen molar-refractivity contribution in [2.24, 2.45) is 5.73 Å². The van der Waals surface area contributed by atoms with Crippen LogP contribution in [0.2, 0.25) is 0 Å². The minimum Gasteiger partial charge on any atom is -0.348 e. The predicted molar refractivity (Wildman–Crippen MR) is 85.3 cm³/mol. The molecule has 0 saturated carbocycles. The highest BCUT2D eigenvalue weighted by atomic mass is 35.5. The lowest BCUT2D eigenvalue weighted by molar-refractivity contribution is -0.122. The van der Waals surface area contributed by atoms with Crippen molar-refractivity contribution in [2.75, 3.05) is 0 Å². The molecule has 0 saturated heterocycles. The Morgan fingerprint density at radius 1 is 1.35 bits per heavy atom.